The van der Waals surface area contributed by atoms with E-state index in [1.165, 1.54) is 6.21 Å². The van der Waals surface area contributed by atoms with E-state index in [0.717, 1.165) is 0 Å². The number of nitrogens with zero attached hydrogens (tertiary/aromatic N) is 2. The molecule has 1 aromatic carbocycles. The number of carbonyl (C=O) groups excluding carboxylic acids is 1. The summed E-state index contributed by atoms with van der Waals surface area (Å²) in [5.41, 5.74) is 1.84. The zero-order valence-corrected chi connectivity index (χ0v) is 12.3. The Morgan fingerprint density at radius 3 is 2.91 bits per heavy atom. The van der Waals surface area contributed by atoms with Crippen molar-refractivity contribution >= 4 is 12.1 Å². The topological polar surface area (TPSA) is 129 Å². The van der Waals surface area contributed by atoms with Crippen molar-refractivity contribution in [2.45, 2.75) is 12.8 Å². The number of amides is 1. The number of aromatic nitrogens is 3. The highest BCUT2D eigenvalue weighted by Crippen LogP contribution is 2.14. The third kappa shape index (κ3) is 4.63. The first kappa shape index (κ1) is 16.1. The van der Waals surface area contributed by atoms with Gasteiger partial charge in [0.2, 0.25) is 5.91 Å². The molecule has 0 radical (unpaired) electrons. The molecule has 0 aliphatic heterocycles. The van der Waals surface area contributed by atoms with E-state index in [1.807, 2.05) is 17.1 Å². The van der Waals surface area contributed by atoms with Gasteiger partial charge in [0, 0.05) is 18.4 Å². The molecule has 0 spiro atoms. The maximum atomic E-state index is 11.7. The lowest BCUT2D eigenvalue weighted by Crippen LogP contribution is -2.28. The van der Waals surface area contributed by atoms with Crippen molar-refractivity contribution in [2.75, 3.05) is 7.11 Å². The van der Waals surface area contributed by atoms with E-state index in [1.54, 1.807) is 19.2 Å². The minimum absolute atomic E-state index is 0.00535. The van der Waals surface area contributed by atoms with Gasteiger partial charge in [-0.3, -0.25) is 14.6 Å². The molecule has 3 N–H and O–H groups in total. The van der Waals surface area contributed by atoms with E-state index in [-0.39, 0.29) is 24.4 Å². The average molecular weight is 317 g/mol. The van der Waals surface area contributed by atoms with E-state index < -0.39 is 11.2 Å². The van der Waals surface area contributed by atoms with Crippen LogP contribution in [0.2, 0.25) is 0 Å². The lowest BCUT2D eigenvalue weighted by atomic mass is 10.2. The standard InChI is InChI=1S/C14H15N5O4/c1-23-11-5-3-2-4-9(11)8-15-18-12(20)7-6-10-13(21)16-14(22)19-17-10/h2-5,8H,6-7H2,1H3,(H,18,20)(H2,16,19,21,22)/b15-8-. The van der Waals surface area contributed by atoms with Gasteiger partial charge in [-0.15, -0.1) is 0 Å². The van der Waals surface area contributed by atoms with Crippen LogP contribution in [0.25, 0.3) is 0 Å². The van der Waals surface area contributed by atoms with Gasteiger partial charge in [-0.25, -0.2) is 15.3 Å². The predicted molar refractivity (Wildman–Crippen MR) is 82.5 cm³/mol. The second kappa shape index (κ2) is 7.69. The predicted octanol–water partition coefficient (Wildman–Crippen LogP) is -0.450. The molecule has 9 heteroatoms. The fraction of sp³-hybridized carbons (Fsp3) is 0.214. The number of methoxy groups -OCH3 is 1. The summed E-state index contributed by atoms with van der Waals surface area (Å²) < 4.78 is 5.15. The molecular formula is C14H15N5O4. The number of H-pyrrole nitrogens is 2. The van der Waals surface area contributed by atoms with Gasteiger partial charge >= 0.3 is 5.69 Å². The summed E-state index contributed by atoms with van der Waals surface area (Å²) in [5.74, 6) is 0.248. The Morgan fingerprint density at radius 1 is 1.39 bits per heavy atom. The third-order valence-corrected chi connectivity index (χ3v) is 2.90. The maximum Gasteiger partial charge on any atom is 0.342 e. The number of aryl methyl sites for hydroxylation is 1. The monoisotopic (exact) mass is 317 g/mol. The zero-order valence-electron chi connectivity index (χ0n) is 12.3. The molecular weight excluding hydrogens is 302 g/mol. The Labute approximate surface area is 130 Å². The Hall–Kier alpha value is -3.23. The van der Waals surface area contributed by atoms with Crippen LogP contribution in [0.3, 0.4) is 0 Å². The first-order valence-corrected chi connectivity index (χ1v) is 6.73. The number of hydrogen-bond acceptors (Lipinski definition) is 6. The number of rotatable bonds is 6. The molecule has 2 rings (SSSR count). The summed E-state index contributed by atoms with van der Waals surface area (Å²) in [6.07, 6.45) is 1.55. The molecule has 0 aliphatic carbocycles. The van der Waals surface area contributed by atoms with E-state index >= 15 is 0 Å². The third-order valence-electron chi connectivity index (χ3n) is 2.90. The summed E-state index contributed by atoms with van der Waals surface area (Å²) >= 11 is 0. The molecule has 0 atom stereocenters. The lowest BCUT2D eigenvalue weighted by Gasteiger charge is -2.03. The van der Waals surface area contributed by atoms with Gasteiger partial charge in [0.15, 0.2) is 0 Å². The van der Waals surface area contributed by atoms with Gasteiger partial charge in [0.25, 0.3) is 5.56 Å². The van der Waals surface area contributed by atoms with E-state index in [0.29, 0.717) is 11.3 Å². The summed E-state index contributed by atoms with van der Waals surface area (Å²) in [4.78, 5) is 35.9. The molecule has 1 amide bonds. The molecule has 1 aromatic heterocycles. The highest BCUT2D eigenvalue weighted by molar-refractivity contribution is 5.85. The molecule has 0 fully saturated rings. The summed E-state index contributed by atoms with van der Waals surface area (Å²) in [7, 11) is 1.54. The van der Waals surface area contributed by atoms with E-state index in [4.69, 9.17) is 4.74 Å². The van der Waals surface area contributed by atoms with Gasteiger partial charge in [-0.1, -0.05) is 12.1 Å². The van der Waals surface area contributed by atoms with Crippen molar-refractivity contribution in [3.63, 3.8) is 0 Å². The Balaban J connectivity index is 1.89. The molecule has 0 aliphatic rings. The number of hydrazone groups is 1. The van der Waals surface area contributed by atoms with Gasteiger partial charge in [-0.2, -0.15) is 10.2 Å². The first-order chi connectivity index (χ1) is 11.1. The van der Waals surface area contributed by atoms with Crippen molar-refractivity contribution in [1.29, 1.82) is 0 Å². The maximum absolute atomic E-state index is 11.7. The molecule has 0 saturated carbocycles. The van der Waals surface area contributed by atoms with Gasteiger partial charge in [-0.05, 0) is 12.1 Å². The number of hydrogen-bond donors (Lipinski definition) is 3. The molecule has 23 heavy (non-hydrogen) atoms. The Morgan fingerprint density at radius 2 is 2.17 bits per heavy atom. The molecule has 0 unspecified atom stereocenters. The number of carbonyl (C=O) groups is 1. The van der Waals surface area contributed by atoms with Crippen LogP contribution in [0.1, 0.15) is 17.7 Å². The number of para-hydroxylation sites is 1. The van der Waals surface area contributed by atoms with E-state index in [9.17, 15) is 14.4 Å². The van der Waals surface area contributed by atoms with Crippen LogP contribution < -0.4 is 21.4 Å². The lowest BCUT2D eigenvalue weighted by molar-refractivity contribution is -0.121. The first-order valence-electron chi connectivity index (χ1n) is 6.73. The van der Waals surface area contributed by atoms with Crippen molar-refractivity contribution in [2.24, 2.45) is 5.10 Å². The van der Waals surface area contributed by atoms with Gasteiger partial charge in [0.1, 0.15) is 11.4 Å². The highest BCUT2D eigenvalue weighted by atomic mass is 16.5. The van der Waals surface area contributed by atoms with Crippen LogP contribution in [0, 0.1) is 0 Å². The molecule has 120 valence electrons. The minimum atomic E-state index is -0.690. The number of benzene rings is 1. The molecule has 2 aromatic rings. The Kier molecular flexibility index (Phi) is 5.40. The van der Waals surface area contributed by atoms with E-state index in [2.05, 4.69) is 20.7 Å². The second-order valence-corrected chi connectivity index (χ2v) is 4.49. The molecule has 9 nitrogen and oxygen atoms in total. The number of nitrogens with one attached hydrogen (secondary N) is 3. The van der Waals surface area contributed by atoms with Crippen molar-refractivity contribution < 1.29 is 9.53 Å². The normalized spacial score (nSPS) is 10.7. The summed E-state index contributed by atoms with van der Waals surface area (Å²) in [6, 6.07) is 7.21. The molecule has 1 heterocycles. The number of ether oxygens (including phenoxy) is 1. The quantitative estimate of drug-likeness (QED) is 0.491. The Bertz CT molecular complexity index is 824. The fourth-order valence-corrected chi connectivity index (χ4v) is 1.78. The highest BCUT2D eigenvalue weighted by Gasteiger charge is 2.06. The second-order valence-electron chi connectivity index (χ2n) is 4.49. The van der Waals surface area contributed by atoms with Crippen LogP contribution >= 0.6 is 0 Å². The van der Waals surface area contributed by atoms with Crippen LogP contribution in [0.5, 0.6) is 5.75 Å². The van der Waals surface area contributed by atoms with Crippen molar-refractivity contribution in [3.05, 3.63) is 56.4 Å². The van der Waals surface area contributed by atoms with Crippen LogP contribution in [-0.2, 0) is 11.2 Å². The molecule has 0 saturated heterocycles. The largest absolute Gasteiger partial charge is 0.496 e. The molecule has 0 bridgehead atoms. The van der Waals surface area contributed by atoms with Crippen LogP contribution in [0.4, 0.5) is 0 Å². The van der Waals surface area contributed by atoms with Crippen molar-refractivity contribution in [1.82, 2.24) is 20.6 Å². The smallest absolute Gasteiger partial charge is 0.342 e. The SMILES string of the molecule is COc1ccccc1/C=N\NC(=O)CCc1n[nH]c(=O)[nH]c1=O. The average Bonchev–Trinajstić information content (AvgIpc) is 2.54. The van der Waals surface area contributed by atoms with Crippen molar-refractivity contribution in [3.8, 4) is 5.75 Å². The van der Waals surface area contributed by atoms with Gasteiger partial charge < -0.3 is 4.74 Å². The van der Waals surface area contributed by atoms with Crippen LogP contribution in [-0.4, -0.2) is 34.4 Å². The minimum Gasteiger partial charge on any atom is -0.496 e. The zero-order chi connectivity index (χ0) is 16.7. The fourth-order valence-electron chi connectivity index (χ4n) is 1.78. The number of aromatic amines is 2. The van der Waals surface area contributed by atoms with Gasteiger partial charge in [0.05, 0.1) is 13.3 Å². The van der Waals surface area contributed by atoms with Crippen LogP contribution in [0.15, 0.2) is 39.0 Å². The summed E-state index contributed by atoms with van der Waals surface area (Å²) in [5, 5.41) is 9.52. The summed E-state index contributed by atoms with van der Waals surface area (Å²) in [6.45, 7) is 0.